The smallest absolute Gasteiger partial charge is 0.416 e. The molecular weight excluding hydrogens is 575 g/mol. The first-order valence-electron chi connectivity index (χ1n) is 14.4. The third-order valence-electron chi connectivity index (χ3n) is 7.31. The molecule has 0 radical (unpaired) electrons. The van der Waals surface area contributed by atoms with E-state index in [0.29, 0.717) is 30.3 Å². The Morgan fingerprint density at radius 1 is 1.07 bits per heavy atom. The van der Waals surface area contributed by atoms with Gasteiger partial charge in [-0.2, -0.15) is 13.2 Å². The van der Waals surface area contributed by atoms with E-state index in [4.69, 9.17) is 9.47 Å². The highest BCUT2D eigenvalue weighted by atomic mass is 19.4. The largest absolute Gasteiger partial charge is 0.493 e. The minimum Gasteiger partial charge on any atom is -0.493 e. The topological polar surface area (TPSA) is 110 Å². The van der Waals surface area contributed by atoms with Crippen molar-refractivity contribution in [1.82, 2.24) is 20.1 Å². The van der Waals surface area contributed by atoms with Gasteiger partial charge in [-0.1, -0.05) is 26.0 Å². The number of fused-ring (bicyclic) bond motifs is 1. The lowest BCUT2D eigenvalue weighted by Crippen LogP contribution is -2.45. The van der Waals surface area contributed by atoms with Crippen LogP contribution in [0.15, 0.2) is 54.7 Å². The molecule has 1 atom stereocenters. The quantitative estimate of drug-likeness (QED) is 0.359. The molecule has 1 fully saturated rings. The molecule has 3 aromatic rings. The van der Waals surface area contributed by atoms with Crippen molar-refractivity contribution < 1.29 is 32.2 Å². The molecule has 2 aromatic carbocycles. The number of hydrogen-bond donors (Lipinski definition) is 2. The lowest BCUT2D eigenvalue weighted by atomic mass is 10.0. The number of rotatable bonds is 7. The molecule has 1 amide bonds. The number of aldehydes is 1. The average molecular weight is 616 g/mol. The standard InChI is InChI=1S/C16H16N2O3.C15H19F3N2O.CH5N/c1-10-9-20-15-4-3-11(7-13(10)15)21-12-5-6-18-14(8-12)16(19)17-2;1-2-19-5-7-20(8-6-19)10-13-4-3-12(11-21)9-14(13)15(16,17)18;1-2/h3-8,10H,9H2,1-2H3,(H,17,19);3-4,9,11H,2,5-8,10H2,1H3;2H2,1H3. The molecular formula is C32H40F3N5O4. The van der Waals surface area contributed by atoms with Gasteiger partial charge in [-0.15, -0.1) is 0 Å². The van der Waals surface area contributed by atoms with Crippen LogP contribution in [0.1, 0.15) is 57.3 Å². The summed E-state index contributed by atoms with van der Waals surface area (Å²) in [6, 6.07) is 12.9. The zero-order chi connectivity index (χ0) is 32.3. The van der Waals surface area contributed by atoms with Crippen molar-refractivity contribution in [2.75, 3.05) is 53.4 Å². The fourth-order valence-electron chi connectivity index (χ4n) is 4.85. The van der Waals surface area contributed by atoms with E-state index in [-0.39, 0.29) is 23.6 Å². The van der Waals surface area contributed by atoms with E-state index >= 15 is 0 Å². The zero-order valence-electron chi connectivity index (χ0n) is 25.5. The van der Waals surface area contributed by atoms with E-state index in [2.05, 4.69) is 34.8 Å². The van der Waals surface area contributed by atoms with E-state index in [1.165, 1.54) is 19.2 Å². The molecule has 12 heteroatoms. The number of nitrogens with two attached hydrogens (primary N) is 1. The van der Waals surface area contributed by atoms with Gasteiger partial charge in [-0.25, -0.2) is 0 Å². The molecule has 2 aliphatic rings. The van der Waals surface area contributed by atoms with Gasteiger partial charge in [0.05, 0.1) is 12.2 Å². The predicted octanol–water partition coefficient (Wildman–Crippen LogP) is 4.96. The number of likely N-dealkylation sites (N-methyl/N-ethyl adjacent to an activating group) is 1. The highest BCUT2D eigenvalue weighted by Gasteiger charge is 2.34. The molecule has 1 saturated heterocycles. The maximum absolute atomic E-state index is 13.1. The number of hydrogen-bond acceptors (Lipinski definition) is 8. The lowest BCUT2D eigenvalue weighted by molar-refractivity contribution is -0.138. The third-order valence-corrected chi connectivity index (χ3v) is 7.31. The van der Waals surface area contributed by atoms with E-state index in [1.54, 1.807) is 25.4 Å². The van der Waals surface area contributed by atoms with Crippen LogP contribution in [0.3, 0.4) is 0 Å². The monoisotopic (exact) mass is 615 g/mol. The average Bonchev–Trinajstić information content (AvgIpc) is 3.41. The summed E-state index contributed by atoms with van der Waals surface area (Å²) in [6.45, 7) is 9.42. The predicted molar refractivity (Wildman–Crippen MR) is 162 cm³/mol. The zero-order valence-corrected chi connectivity index (χ0v) is 25.5. The van der Waals surface area contributed by atoms with Crippen LogP contribution >= 0.6 is 0 Å². The van der Waals surface area contributed by atoms with Crippen LogP contribution < -0.4 is 20.5 Å². The lowest BCUT2D eigenvalue weighted by Gasteiger charge is -2.34. The summed E-state index contributed by atoms with van der Waals surface area (Å²) in [5.74, 6) is 2.34. The summed E-state index contributed by atoms with van der Waals surface area (Å²) in [5, 5.41) is 2.54. The molecule has 44 heavy (non-hydrogen) atoms. The Kier molecular flexibility index (Phi) is 12.7. The number of halogens is 3. The maximum Gasteiger partial charge on any atom is 0.416 e. The molecule has 9 nitrogen and oxygen atoms in total. The van der Waals surface area contributed by atoms with Gasteiger partial charge < -0.3 is 25.4 Å². The van der Waals surface area contributed by atoms with Gasteiger partial charge in [-0.05, 0) is 49.5 Å². The molecule has 0 spiro atoms. The third kappa shape index (κ3) is 9.25. The molecule has 238 valence electrons. The minimum absolute atomic E-state index is 0.0573. The van der Waals surface area contributed by atoms with Crippen LogP contribution in [-0.2, 0) is 12.7 Å². The van der Waals surface area contributed by atoms with Gasteiger partial charge >= 0.3 is 6.18 Å². The number of carbonyl (C=O) groups is 2. The summed E-state index contributed by atoms with van der Waals surface area (Å²) in [7, 11) is 3.07. The molecule has 1 aromatic heterocycles. The molecule has 2 aliphatic heterocycles. The summed E-state index contributed by atoms with van der Waals surface area (Å²) in [5.41, 5.74) is 5.56. The minimum atomic E-state index is -4.43. The SMILES string of the molecule is CCN1CCN(Cc2ccc(C=O)cc2C(F)(F)F)CC1.CN.CNC(=O)c1cc(Oc2ccc3c(c2)C(C)CO3)ccn1. The molecule has 5 rings (SSSR count). The van der Waals surface area contributed by atoms with Crippen LogP contribution in [0.5, 0.6) is 17.2 Å². The Hall–Kier alpha value is -4.00. The number of carbonyl (C=O) groups excluding carboxylic acids is 2. The molecule has 3 N–H and O–H groups in total. The highest BCUT2D eigenvalue weighted by Crippen LogP contribution is 2.37. The number of nitrogens with zero attached hydrogens (tertiary/aromatic N) is 3. The fourth-order valence-corrected chi connectivity index (χ4v) is 4.85. The van der Waals surface area contributed by atoms with Crippen LogP contribution in [0.4, 0.5) is 13.2 Å². The second kappa shape index (κ2) is 16.2. The second-order valence-corrected chi connectivity index (χ2v) is 10.2. The van der Waals surface area contributed by atoms with Crippen molar-refractivity contribution in [2.24, 2.45) is 5.73 Å². The summed E-state index contributed by atoms with van der Waals surface area (Å²) < 4.78 is 50.7. The van der Waals surface area contributed by atoms with Crippen LogP contribution in [0.25, 0.3) is 0 Å². The molecule has 0 aliphatic carbocycles. The van der Waals surface area contributed by atoms with Crippen molar-refractivity contribution in [3.05, 3.63) is 82.7 Å². The van der Waals surface area contributed by atoms with Crippen LogP contribution in [-0.4, -0.2) is 80.4 Å². The number of nitrogens with one attached hydrogen (secondary N) is 1. The molecule has 0 bridgehead atoms. The van der Waals surface area contributed by atoms with Gasteiger partial charge in [0.25, 0.3) is 5.91 Å². The summed E-state index contributed by atoms with van der Waals surface area (Å²) >= 11 is 0. The van der Waals surface area contributed by atoms with Crippen molar-refractivity contribution in [3.63, 3.8) is 0 Å². The first-order chi connectivity index (χ1) is 21.1. The van der Waals surface area contributed by atoms with Crippen LogP contribution in [0, 0.1) is 0 Å². The van der Waals surface area contributed by atoms with Crippen molar-refractivity contribution in [3.8, 4) is 17.2 Å². The highest BCUT2D eigenvalue weighted by molar-refractivity contribution is 5.92. The van der Waals surface area contributed by atoms with Gasteiger partial charge in [-0.3, -0.25) is 19.5 Å². The molecule has 3 heterocycles. The van der Waals surface area contributed by atoms with Crippen molar-refractivity contribution in [2.45, 2.75) is 32.5 Å². The van der Waals surface area contributed by atoms with Gasteiger partial charge in [0.2, 0.25) is 0 Å². The number of pyridine rings is 1. The Bertz CT molecular complexity index is 1390. The first-order valence-corrected chi connectivity index (χ1v) is 14.4. The molecule has 0 saturated carbocycles. The van der Waals surface area contributed by atoms with E-state index < -0.39 is 11.7 Å². The van der Waals surface area contributed by atoms with Crippen LogP contribution in [0.2, 0.25) is 0 Å². The van der Waals surface area contributed by atoms with E-state index in [1.807, 2.05) is 23.1 Å². The number of benzene rings is 2. The number of amides is 1. The summed E-state index contributed by atoms with van der Waals surface area (Å²) in [4.78, 5) is 30.6. The summed E-state index contributed by atoms with van der Waals surface area (Å²) in [6.07, 6.45) is -2.43. The maximum atomic E-state index is 13.1. The molecule has 1 unspecified atom stereocenters. The normalized spacial score (nSPS) is 16.3. The second-order valence-electron chi connectivity index (χ2n) is 10.2. The van der Waals surface area contributed by atoms with Crippen molar-refractivity contribution in [1.29, 1.82) is 0 Å². The number of aromatic nitrogens is 1. The Morgan fingerprint density at radius 2 is 1.75 bits per heavy atom. The fraction of sp³-hybridized carbons (Fsp3) is 0.406. The van der Waals surface area contributed by atoms with Gasteiger partial charge in [0.15, 0.2) is 0 Å². The van der Waals surface area contributed by atoms with E-state index in [0.717, 1.165) is 55.9 Å². The first kappa shape index (κ1) is 34.5. The van der Waals surface area contributed by atoms with Gasteiger partial charge in [0, 0.05) is 69.1 Å². The van der Waals surface area contributed by atoms with Gasteiger partial charge in [0.1, 0.15) is 29.2 Å². The Labute approximate surface area is 256 Å². The number of alkyl halides is 3. The number of piperazine rings is 1. The number of ether oxygens (including phenoxy) is 2. The van der Waals surface area contributed by atoms with Crippen molar-refractivity contribution >= 4 is 12.2 Å². The van der Waals surface area contributed by atoms with E-state index in [9.17, 15) is 22.8 Å². The Balaban J connectivity index is 0.000000228. The Morgan fingerprint density at radius 3 is 2.39 bits per heavy atom.